The molecule has 0 saturated heterocycles. The Morgan fingerprint density at radius 2 is 2.33 bits per heavy atom. The second-order valence-electron chi connectivity index (χ2n) is 3.36. The van der Waals surface area contributed by atoms with Crippen LogP contribution >= 0.6 is 0 Å². The van der Waals surface area contributed by atoms with E-state index < -0.39 is 0 Å². The quantitative estimate of drug-likeness (QED) is 0.675. The van der Waals surface area contributed by atoms with Crippen molar-refractivity contribution in [1.29, 1.82) is 0 Å². The number of hydrogen-bond donors (Lipinski definition) is 1. The van der Waals surface area contributed by atoms with Gasteiger partial charge < -0.3 is 5.11 Å². The summed E-state index contributed by atoms with van der Waals surface area (Å²) in [5.41, 5.74) is 0. The van der Waals surface area contributed by atoms with Gasteiger partial charge in [0.15, 0.2) is 0 Å². The Morgan fingerprint density at radius 1 is 1.58 bits per heavy atom. The number of aliphatic hydroxyl groups is 1. The number of carbonyl (C=O) groups is 2. The van der Waals surface area contributed by atoms with Crippen molar-refractivity contribution in [1.82, 2.24) is 0 Å². The van der Waals surface area contributed by atoms with Gasteiger partial charge in [-0.15, -0.1) is 0 Å². The van der Waals surface area contributed by atoms with Crippen molar-refractivity contribution in [2.24, 2.45) is 5.92 Å². The maximum Gasteiger partial charge on any atom is 0.135 e. The van der Waals surface area contributed by atoms with Crippen LogP contribution in [0.25, 0.3) is 0 Å². The van der Waals surface area contributed by atoms with Gasteiger partial charge in [0.25, 0.3) is 0 Å². The number of Topliss-reactive ketones (excluding diaryl/α,β-unsaturated/α-hetero) is 2. The normalized spacial score (nSPS) is 23.1. The maximum atomic E-state index is 11.0. The second kappa shape index (κ2) is 4.36. The van der Waals surface area contributed by atoms with E-state index in [0.717, 1.165) is 6.42 Å². The molecule has 0 spiro atoms. The first-order chi connectivity index (χ1) is 5.72. The zero-order valence-corrected chi connectivity index (χ0v) is 7.08. The molecule has 1 aliphatic carbocycles. The lowest BCUT2D eigenvalue weighted by atomic mass is 10.00. The molecule has 1 fully saturated rings. The molecule has 0 bridgehead atoms. The topological polar surface area (TPSA) is 54.4 Å². The lowest BCUT2D eigenvalue weighted by molar-refractivity contribution is -0.120. The number of ketones is 2. The van der Waals surface area contributed by atoms with Crippen LogP contribution in [0.4, 0.5) is 0 Å². The predicted molar refractivity (Wildman–Crippen MR) is 43.7 cm³/mol. The Hall–Kier alpha value is -0.700. The summed E-state index contributed by atoms with van der Waals surface area (Å²) in [5.74, 6) is 0.616. The highest BCUT2D eigenvalue weighted by Gasteiger charge is 2.23. The van der Waals surface area contributed by atoms with Crippen LogP contribution in [0, 0.1) is 5.92 Å². The van der Waals surface area contributed by atoms with Crippen LogP contribution in [0.3, 0.4) is 0 Å². The van der Waals surface area contributed by atoms with Gasteiger partial charge in [0.2, 0.25) is 0 Å². The van der Waals surface area contributed by atoms with Gasteiger partial charge in [-0.2, -0.15) is 0 Å². The molecule has 3 heteroatoms. The van der Waals surface area contributed by atoms with Crippen molar-refractivity contribution < 1.29 is 14.7 Å². The van der Waals surface area contributed by atoms with Gasteiger partial charge in [-0.3, -0.25) is 9.59 Å². The van der Waals surface area contributed by atoms with Crippen LogP contribution in [0.1, 0.15) is 32.1 Å². The molecule has 0 heterocycles. The number of aliphatic hydroxyl groups excluding tert-OH is 1. The Bertz CT molecular complexity index is 186. The summed E-state index contributed by atoms with van der Waals surface area (Å²) in [4.78, 5) is 21.9. The monoisotopic (exact) mass is 170 g/mol. The molecule has 1 aliphatic rings. The minimum atomic E-state index is -0.0699. The number of hydrogen-bond acceptors (Lipinski definition) is 3. The summed E-state index contributed by atoms with van der Waals surface area (Å²) < 4.78 is 0. The minimum Gasteiger partial charge on any atom is -0.396 e. The van der Waals surface area contributed by atoms with Gasteiger partial charge in [-0.1, -0.05) is 0 Å². The zero-order chi connectivity index (χ0) is 8.97. The van der Waals surface area contributed by atoms with E-state index >= 15 is 0 Å². The van der Waals surface area contributed by atoms with Crippen LogP contribution in [0.5, 0.6) is 0 Å². The van der Waals surface area contributed by atoms with E-state index in [4.69, 9.17) is 5.11 Å². The van der Waals surface area contributed by atoms with Gasteiger partial charge in [0, 0.05) is 32.3 Å². The maximum absolute atomic E-state index is 11.0. The molecule has 1 unspecified atom stereocenters. The van der Waals surface area contributed by atoms with Crippen LogP contribution in [0.15, 0.2) is 0 Å². The fraction of sp³-hybridized carbons (Fsp3) is 0.778. The van der Waals surface area contributed by atoms with E-state index in [-0.39, 0.29) is 30.5 Å². The molecular weight excluding hydrogens is 156 g/mol. The van der Waals surface area contributed by atoms with Crippen molar-refractivity contribution in [2.75, 3.05) is 6.61 Å². The van der Waals surface area contributed by atoms with Crippen LogP contribution < -0.4 is 0 Å². The van der Waals surface area contributed by atoms with Gasteiger partial charge in [0.1, 0.15) is 11.6 Å². The largest absolute Gasteiger partial charge is 0.396 e. The SMILES string of the molecule is O=C(CCO)CC1CCC(=O)C1. The van der Waals surface area contributed by atoms with E-state index in [0.29, 0.717) is 19.3 Å². The van der Waals surface area contributed by atoms with E-state index in [1.54, 1.807) is 0 Å². The molecule has 0 aliphatic heterocycles. The first-order valence-electron chi connectivity index (χ1n) is 4.36. The average Bonchev–Trinajstić information content (AvgIpc) is 2.36. The highest BCUT2D eigenvalue weighted by atomic mass is 16.3. The molecule has 12 heavy (non-hydrogen) atoms. The summed E-state index contributed by atoms with van der Waals surface area (Å²) >= 11 is 0. The molecule has 0 amide bonds. The van der Waals surface area contributed by atoms with Gasteiger partial charge >= 0.3 is 0 Å². The number of rotatable bonds is 4. The molecule has 1 rings (SSSR count). The molecule has 1 saturated carbocycles. The van der Waals surface area contributed by atoms with Crippen molar-refractivity contribution in [2.45, 2.75) is 32.1 Å². The van der Waals surface area contributed by atoms with Crippen molar-refractivity contribution >= 4 is 11.6 Å². The first-order valence-corrected chi connectivity index (χ1v) is 4.36. The minimum absolute atomic E-state index is 0.0699. The summed E-state index contributed by atoms with van der Waals surface area (Å²) in [6.45, 7) is -0.0699. The third-order valence-corrected chi connectivity index (χ3v) is 2.25. The standard InChI is InChI=1S/C9H14O3/c10-4-3-9(12)6-7-1-2-8(11)5-7/h7,10H,1-6H2. The summed E-state index contributed by atoms with van der Waals surface area (Å²) in [5, 5.41) is 8.47. The molecule has 0 aromatic carbocycles. The van der Waals surface area contributed by atoms with Gasteiger partial charge in [0.05, 0.1) is 0 Å². The summed E-state index contributed by atoms with van der Waals surface area (Å²) in [6.07, 6.45) is 2.78. The smallest absolute Gasteiger partial charge is 0.135 e. The second-order valence-corrected chi connectivity index (χ2v) is 3.36. The Labute approximate surface area is 71.8 Å². The molecule has 1 N–H and O–H groups in total. The van der Waals surface area contributed by atoms with Crippen molar-refractivity contribution in [3.8, 4) is 0 Å². The van der Waals surface area contributed by atoms with E-state index in [1.807, 2.05) is 0 Å². The number of carbonyl (C=O) groups excluding carboxylic acids is 2. The van der Waals surface area contributed by atoms with Gasteiger partial charge in [-0.25, -0.2) is 0 Å². The first kappa shape index (κ1) is 9.39. The van der Waals surface area contributed by atoms with Crippen LogP contribution in [-0.4, -0.2) is 23.3 Å². The van der Waals surface area contributed by atoms with E-state index in [9.17, 15) is 9.59 Å². The molecule has 0 radical (unpaired) electrons. The lowest BCUT2D eigenvalue weighted by Crippen LogP contribution is -2.07. The molecular formula is C9H14O3. The van der Waals surface area contributed by atoms with Crippen molar-refractivity contribution in [3.63, 3.8) is 0 Å². The van der Waals surface area contributed by atoms with Crippen LogP contribution in [-0.2, 0) is 9.59 Å². The summed E-state index contributed by atoms with van der Waals surface area (Å²) in [7, 11) is 0. The molecule has 68 valence electrons. The Kier molecular flexibility index (Phi) is 3.41. The van der Waals surface area contributed by atoms with E-state index in [1.165, 1.54) is 0 Å². The Balaban J connectivity index is 2.23. The highest BCUT2D eigenvalue weighted by molar-refractivity contribution is 5.83. The third kappa shape index (κ3) is 2.74. The lowest BCUT2D eigenvalue weighted by Gasteiger charge is -2.04. The molecule has 0 aromatic heterocycles. The fourth-order valence-corrected chi connectivity index (χ4v) is 1.61. The zero-order valence-electron chi connectivity index (χ0n) is 7.08. The van der Waals surface area contributed by atoms with Crippen LogP contribution in [0.2, 0.25) is 0 Å². The molecule has 3 nitrogen and oxygen atoms in total. The van der Waals surface area contributed by atoms with E-state index in [2.05, 4.69) is 0 Å². The third-order valence-electron chi connectivity index (χ3n) is 2.25. The molecule has 0 aromatic rings. The molecule has 1 atom stereocenters. The summed E-state index contributed by atoms with van der Waals surface area (Å²) in [6, 6.07) is 0. The van der Waals surface area contributed by atoms with Gasteiger partial charge in [-0.05, 0) is 12.3 Å². The highest BCUT2D eigenvalue weighted by Crippen LogP contribution is 2.25. The fourth-order valence-electron chi connectivity index (χ4n) is 1.61. The predicted octanol–water partition coefficient (Wildman–Crippen LogP) is 0.697. The van der Waals surface area contributed by atoms with Crippen molar-refractivity contribution in [3.05, 3.63) is 0 Å². The Morgan fingerprint density at radius 3 is 2.83 bits per heavy atom. The average molecular weight is 170 g/mol.